The Hall–Kier alpha value is -0.0800. The number of rotatable bonds is 2. The summed E-state index contributed by atoms with van der Waals surface area (Å²) < 4.78 is 0. The third-order valence-corrected chi connectivity index (χ3v) is 3.97. The second-order valence-electron chi connectivity index (χ2n) is 6.00. The Morgan fingerprint density at radius 1 is 0.824 bits per heavy atom. The van der Waals surface area contributed by atoms with E-state index in [1.807, 2.05) is 0 Å². The first-order valence-electron chi connectivity index (χ1n) is 7.53. The topological polar surface area (TPSA) is 23.5 Å². The van der Waals surface area contributed by atoms with E-state index in [9.17, 15) is 5.11 Å². The largest absolute Gasteiger partial charge is 0.393 e. The molecule has 2 unspecified atom stereocenters. The van der Waals surface area contributed by atoms with Gasteiger partial charge in [-0.2, -0.15) is 0 Å². The molecule has 1 N–H and O–H groups in total. The standard InChI is InChI=1S/C15H31NO/c1-16(2)13-14-11-9-7-5-3-4-6-8-10-12-15(14)17/h14-15,17H,3-13H2,1-2H3. The van der Waals surface area contributed by atoms with Gasteiger partial charge in [0.1, 0.15) is 0 Å². The molecule has 0 aromatic rings. The summed E-state index contributed by atoms with van der Waals surface area (Å²) in [4.78, 5) is 2.22. The number of nitrogens with zero attached hydrogens (tertiary/aromatic N) is 1. The predicted octanol–water partition coefficient (Wildman–Crippen LogP) is 3.44. The molecule has 2 atom stereocenters. The van der Waals surface area contributed by atoms with Crippen LogP contribution in [-0.4, -0.2) is 36.8 Å². The van der Waals surface area contributed by atoms with Crippen molar-refractivity contribution in [3.8, 4) is 0 Å². The van der Waals surface area contributed by atoms with Crippen LogP contribution in [0.25, 0.3) is 0 Å². The summed E-state index contributed by atoms with van der Waals surface area (Å²) in [6.07, 6.45) is 12.9. The van der Waals surface area contributed by atoms with Crippen LogP contribution in [0.2, 0.25) is 0 Å². The van der Waals surface area contributed by atoms with Crippen molar-refractivity contribution < 1.29 is 5.11 Å². The van der Waals surface area contributed by atoms with Crippen molar-refractivity contribution in [2.24, 2.45) is 5.92 Å². The molecule has 0 amide bonds. The van der Waals surface area contributed by atoms with Crippen LogP contribution < -0.4 is 0 Å². The second kappa shape index (κ2) is 8.93. The van der Waals surface area contributed by atoms with Crippen molar-refractivity contribution in [1.29, 1.82) is 0 Å². The quantitative estimate of drug-likeness (QED) is 0.800. The zero-order valence-electron chi connectivity index (χ0n) is 11.8. The molecule has 0 spiro atoms. The maximum Gasteiger partial charge on any atom is 0.0580 e. The van der Waals surface area contributed by atoms with Gasteiger partial charge in [0.2, 0.25) is 0 Å². The van der Waals surface area contributed by atoms with Gasteiger partial charge in [-0.3, -0.25) is 0 Å². The van der Waals surface area contributed by atoms with Crippen molar-refractivity contribution in [1.82, 2.24) is 4.90 Å². The first-order chi connectivity index (χ1) is 8.20. The molecule has 0 bridgehead atoms. The zero-order valence-corrected chi connectivity index (χ0v) is 11.8. The van der Waals surface area contributed by atoms with Crippen LogP contribution in [-0.2, 0) is 0 Å². The smallest absolute Gasteiger partial charge is 0.0580 e. The minimum Gasteiger partial charge on any atom is -0.393 e. The highest BCUT2D eigenvalue weighted by Gasteiger charge is 2.19. The summed E-state index contributed by atoms with van der Waals surface area (Å²) in [5.74, 6) is 0.490. The zero-order chi connectivity index (χ0) is 12.5. The van der Waals surface area contributed by atoms with Gasteiger partial charge in [0, 0.05) is 6.54 Å². The Labute approximate surface area is 107 Å². The van der Waals surface area contributed by atoms with Crippen LogP contribution >= 0.6 is 0 Å². The van der Waals surface area contributed by atoms with E-state index >= 15 is 0 Å². The normalized spacial score (nSPS) is 29.6. The molecule has 1 aliphatic rings. The second-order valence-corrected chi connectivity index (χ2v) is 6.00. The van der Waals surface area contributed by atoms with Crippen molar-refractivity contribution in [2.75, 3.05) is 20.6 Å². The molecule has 0 heterocycles. The molecule has 1 aliphatic carbocycles. The molecule has 0 aromatic heterocycles. The summed E-state index contributed by atoms with van der Waals surface area (Å²) in [7, 11) is 4.23. The number of hydrogen-bond donors (Lipinski definition) is 1. The average Bonchev–Trinajstić information content (AvgIpc) is 2.27. The first kappa shape index (κ1) is 15.0. The van der Waals surface area contributed by atoms with Crippen LogP contribution in [0.4, 0.5) is 0 Å². The molecule has 2 nitrogen and oxygen atoms in total. The minimum absolute atomic E-state index is 0.0724. The molecular formula is C15H31NO. The molecule has 0 saturated heterocycles. The van der Waals surface area contributed by atoms with E-state index in [4.69, 9.17) is 0 Å². The average molecular weight is 241 g/mol. The summed E-state index contributed by atoms with van der Waals surface area (Å²) >= 11 is 0. The Morgan fingerprint density at radius 3 is 1.82 bits per heavy atom. The fourth-order valence-corrected chi connectivity index (χ4v) is 2.93. The predicted molar refractivity (Wildman–Crippen MR) is 74.2 cm³/mol. The van der Waals surface area contributed by atoms with Crippen molar-refractivity contribution in [2.45, 2.75) is 70.3 Å². The SMILES string of the molecule is CN(C)CC1CCCCCCCCCCC1O. The van der Waals surface area contributed by atoms with E-state index in [1.54, 1.807) is 0 Å². The van der Waals surface area contributed by atoms with E-state index in [-0.39, 0.29) is 6.10 Å². The van der Waals surface area contributed by atoms with Gasteiger partial charge in [-0.15, -0.1) is 0 Å². The number of aliphatic hydroxyl groups excluding tert-OH is 1. The van der Waals surface area contributed by atoms with Crippen molar-refractivity contribution >= 4 is 0 Å². The molecule has 1 rings (SSSR count). The van der Waals surface area contributed by atoms with Gasteiger partial charge in [-0.05, 0) is 32.9 Å². The van der Waals surface area contributed by atoms with Crippen LogP contribution in [0.5, 0.6) is 0 Å². The molecule has 2 heteroatoms. The molecule has 0 aliphatic heterocycles. The lowest BCUT2D eigenvalue weighted by Crippen LogP contribution is -2.31. The molecule has 1 fully saturated rings. The van der Waals surface area contributed by atoms with Crippen LogP contribution in [0.3, 0.4) is 0 Å². The molecule has 0 aromatic carbocycles. The molecule has 17 heavy (non-hydrogen) atoms. The monoisotopic (exact) mass is 241 g/mol. The Kier molecular flexibility index (Phi) is 7.87. The van der Waals surface area contributed by atoms with Crippen molar-refractivity contribution in [3.63, 3.8) is 0 Å². The van der Waals surface area contributed by atoms with E-state index in [0.29, 0.717) is 5.92 Å². The van der Waals surface area contributed by atoms with E-state index in [1.165, 1.54) is 57.8 Å². The summed E-state index contributed by atoms with van der Waals surface area (Å²) in [5, 5.41) is 10.3. The maximum absolute atomic E-state index is 10.3. The van der Waals surface area contributed by atoms with Crippen LogP contribution in [0.15, 0.2) is 0 Å². The van der Waals surface area contributed by atoms with Gasteiger partial charge >= 0.3 is 0 Å². The van der Waals surface area contributed by atoms with Gasteiger partial charge in [-0.1, -0.05) is 51.4 Å². The fraction of sp³-hybridized carbons (Fsp3) is 1.00. The van der Waals surface area contributed by atoms with E-state index in [0.717, 1.165) is 13.0 Å². The van der Waals surface area contributed by atoms with Gasteiger partial charge in [0.25, 0.3) is 0 Å². The van der Waals surface area contributed by atoms with Crippen LogP contribution in [0.1, 0.15) is 64.2 Å². The lowest BCUT2D eigenvalue weighted by molar-refractivity contribution is 0.0733. The minimum atomic E-state index is -0.0724. The Morgan fingerprint density at radius 2 is 1.29 bits per heavy atom. The molecule has 1 saturated carbocycles. The summed E-state index contributed by atoms with van der Waals surface area (Å²) in [6.45, 7) is 1.04. The van der Waals surface area contributed by atoms with Crippen molar-refractivity contribution in [3.05, 3.63) is 0 Å². The first-order valence-corrected chi connectivity index (χ1v) is 7.53. The Bertz CT molecular complexity index is 182. The maximum atomic E-state index is 10.3. The van der Waals surface area contributed by atoms with Crippen LogP contribution in [0, 0.1) is 5.92 Å². The highest BCUT2D eigenvalue weighted by molar-refractivity contribution is 4.72. The molecule has 0 radical (unpaired) electrons. The van der Waals surface area contributed by atoms with E-state index in [2.05, 4.69) is 19.0 Å². The fourth-order valence-electron chi connectivity index (χ4n) is 2.93. The lowest BCUT2D eigenvalue weighted by atomic mass is 9.90. The summed E-state index contributed by atoms with van der Waals surface area (Å²) in [5.41, 5.74) is 0. The highest BCUT2D eigenvalue weighted by atomic mass is 16.3. The third kappa shape index (κ3) is 7.05. The highest BCUT2D eigenvalue weighted by Crippen LogP contribution is 2.22. The Balaban J connectivity index is 2.39. The number of hydrogen-bond acceptors (Lipinski definition) is 2. The molecular weight excluding hydrogens is 210 g/mol. The van der Waals surface area contributed by atoms with Gasteiger partial charge < -0.3 is 10.0 Å². The molecule has 102 valence electrons. The van der Waals surface area contributed by atoms with Gasteiger partial charge in [-0.25, -0.2) is 0 Å². The van der Waals surface area contributed by atoms with Gasteiger partial charge in [0.15, 0.2) is 0 Å². The number of aliphatic hydroxyl groups is 1. The lowest BCUT2D eigenvalue weighted by Gasteiger charge is -2.26. The van der Waals surface area contributed by atoms with E-state index < -0.39 is 0 Å². The van der Waals surface area contributed by atoms with Gasteiger partial charge in [0.05, 0.1) is 6.10 Å². The third-order valence-electron chi connectivity index (χ3n) is 3.97. The summed E-state index contributed by atoms with van der Waals surface area (Å²) in [6, 6.07) is 0.